The first-order valence-electron chi connectivity index (χ1n) is 8.20. The van der Waals surface area contributed by atoms with Crippen LogP contribution in [0.3, 0.4) is 0 Å². The number of benzene rings is 1. The zero-order valence-electron chi connectivity index (χ0n) is 14.1. The summed E-state index contributed by atoms with van der Waals surface area (Å²) in [6.07, 6.45) is -0.555. The van der Waals surface area contributed by atoms with Gasteiger partial charge in [0.2, 0.25) is 0 Å². The molecule has 1 aromatic carbocycles. The summed E-state index contributed by atoms with van der Waals surface area (Å²) in [7, 11) is 1.59. The molecule has 24 heavy (non-hydrogen) atoms. The first kappa shape index (κ1) is 17.0. The topological polar surface area (TPSA) is 80.9 Å². The van der Waals surface area contributed by atoms with Gasteiger partial charge in [0.1, 0.15) is 5.58 Å². The Kier molecular flexibility index (Phi) is 4.89. The maximum Gasteiger partial charge on any atom is 0.336 e. The number of ether oxygens (including phenoxy) is 2. The van der Waals surface area contributed by atoms with Crippen molar-refractivity contribution in [2.75, 3.05) is 12.4 Å². The molecule has 6 nitrogen and oxygen atoms in total. The summed E-state index contributed by atoms with van der Waals surface area (Å²) in [6, 6.07) is 8.46. The van der Waals surface area contributed by atoms with Gasteiger partial charge in [-0.3, -0.25) is 0 Å². The molecule has 3 rings (SSSR count). The number of aliphatic hydroxyl groups excluding tert-OH is 1. The highest BCUT2D eigenvalue weighted by molar-refractivity contribution is 5.80. The van der Waals surface area contributed by atoms with Gasteiger partial charge in [-0.05, 0) is 24.6 Å². The molecule has 1 aliphatic heterocycles. The molecule has 0 saturated carbocycles. The number of methoxy groups -OCH3 is 1. The van der Waals surface area contributed by atoms with Crippen LogP contribution in [0, 0.1) is 5.92 Å². The van der Waals surface area contributed by atoms with E-state index in [0.717, 1.165) is 17.5 Å². The number of hydrogen-bond acceptors (Lipinski definition) is 6. The van der Waals surface area contributed by atoms with Crippen LogP contribution < -0.4 is 10.9 Å². The molecule has 1 saturated heterocycles. The van der Waals surface area contributed by atoms with Gasteiger partial charge in [-0.15, -0.1) is 0 Å². The van der Waals surface area contributed by atoms with E-state index in [1.807, 2.05) is 26.0 Å². The van der Waals surface area contributed by atoms with Crippen molar-refractivity contribution in [2.24, 2.45) is 5.92 Å². The lowest BCUT2D eigenvalue weighted by Gasteiger charge is -2.43. The van der Waals surface area contributed by atoms with Crippen LogP contribution in [-0.2, 0) is 9.47 Å². The van der Waals surface area contributed by atoms with Crippen LogP contribution in [0.5, 0.6) is 0 Å². The van der Waals surface area contributed by atoms with E-state index < -0.39 is 12.4 Å². The van der Waals surface area contributed by atoms with E-state index in [1.54, 1.807) is 19.2 Å². The zero-order chi connectivity index (χ0) is 17.3. The average molecular weight is 333 g/mol. The Morgan fingerprint density at radius 2 is 2.04 bits per heavy atom. The zero-order valence-corrected chi connectivity index (χ0v) is 14.1. The second-order valence-corrected chi connectivity index (χ2v) is 6.21. The largest absolute Gasteiger partial charge is 0.423 e. The van der Waals surface area contributed by atoms with Crippen molar-refractivity contribution in [3.05, 3.63) is 40.8 Å². The molecule has 2 N–H and O–H groups in total. The van der Waals surface area contributed by atoms with Gasteiger partial charge in [0.05, 0.1) is 18.2 Å². The smallest absolute Gasteiger partial charge is 0.336 e. The summed E-state index contributed by atoms with van der Waals surface area (Å²) in [4.78, 5) is 11.4. The van der Waals surface area contributed by atoms with Gasteiger partial charge in [0.15, 0.2) is 6.29 Å². The summed E-state index contributed by atoms with van der Waals surface area (Å²) < 4.78 is 16.5. The third kappa shape index (κ3) is 3.17. The molecule has 0 bridgehead atoms. The Balaban J connectivity index is 1.86. The quantitative estimate of drug-likeness (QED) is 0.836. The van der Waals surface area contributed by atoms with Crippen molar-refractivity contribution < 1.29 is 19.0 Å². The van der Waals surface area contributed by atoms with Crippen LogP contribution in [0.4, 0.5) is 5.69 Å². The fraction of sp³-hybridized carbons (Fsp3) is 0.500. The highest BCUT2D eigenvalue weighted by atomic mass is 16.7. The molecule has 5 atom stereocenters. The number of anilines is 1. The van der Waals surface area contributed by atoms with Crippen LogP contribution >= 0.6 is 0 Å². The number of nitrogens with one attached hydrogen (secondary N) is 1. The van der Waals surface area contributed by atoms with Crippen LogP contribution in [-0.4, -0.2) is 36.8 Å². The summed E-state index contributed by atoms with van der Waals surface area (Å²) in [6.45, 7) is 3.95. The Bertz CT molecular complexity index is 756. The molecule has 1 aromatic heterocycles. The van der Waals surface area contributed by atoms with E-state index >= 15 is 0 Å². The predicted molar refractivity (Wildman–Crippen MR) is 91.0 cm³/mol. The van der Waals surface area contributed by atoms with Crippen molar-refractivity contribution in [3.8, 4) is 0 Å². The van der Waals surface area contributed by atoms with Gasteiger partial charge >= 0.3 is 5.63 Å². The van der Waals surface area contributed by atoms with Gasteiger partial charge in [-0.2, -0.15) is 0 Å². The molecule has 0 aliphatic carbocycles. The number of rotatable bonds is 4. The van der Waals surface area contributed by atoms with Gasteiger partial charge < -0.3 is 24.3 Å². The van der Waals surface area contributed by atoms with Crippen LogP contribution in [0.1, 0.15) is 20.3 Å². The van der Waals surface area contributed by atoms with Crippen molar-refractivity contribution in [2.45, 2.75) is 44.8 Å². The van der Waals surface area contributed by atoms with E-state index in [4.69, 9.17) is 13.9 Å². The van der Waals surface area contributed by atoms with Crippen molar-refractivity contribution in [3.63, 3.8) is 0 Å². The van der Waals surface area contributed by atoms with Gasteiger partial charge in [-0.1, -0.05) is 13.8 Å². The fourth-order valence-corrected chi connectivity index (χ4v) is 3.22. The molecule has 2 aromatic rings. The van der Waals surface area contributed by atoms with Crippen LogP contribution in [0.25, 0.3) is 11.0 Å². The molecular formula is C18H23NO5. The minimum Gasteiger partial charge on any atom is -0.423 e. The predicted octanol–water partition coefficient (Wildman–Crippen LogP) is 2.35. The first-order chi connectivity index (χ1) is 11.5. The highest BCUT2D eigenvalue weighted by Gasteiger charge is 2.42. The van der Waals surface area contributed by atoms with E-state index in [2.05, 4.69) is 5.32 Å². The number of aliphatic hydroxyl groups is 1. The SMILES string of the molecule is CCC1O[C@H](OC)C(Nc2ccc3ccc(=O)oc3c2)[C@@H](C)[C@@H]1O. The molecule has 0 spiro atoms. The molecule has 130 valence electrons. The lowest BCUT2D eigenvalue weighted by Crippen LogP contribution is -2.56. The molecule has 2 unspecified atom stereocenters. The van der Waals surface area contributed by atoms with Crippen molar-refractivity contribution in [1.29, 1.82) is 0 Å². The summed E-state index contributed by atoms with van der Waals surface area (Å²) in [5.74, 6) is -0.0628. The summed E-state index contributed by atoms with van der Waals surface area (Å²) in [5.41, 5.74) is 0.907. The van der Waals surface area contributed by atoms with Crippen molar-refractivity contribution in [1.82, 2.24) is 0 Å². The minimum absolute atomic E-state index is 0.0628. The minimum atomic E-state index is -0.572. The normalized spacial score (nSPS) is 30.4. The standard InChI is InChI=1S/C18H23NO5/c1-4-13-17(21)10(2)16(18(22-3)24-13)19-12-7-5-11-6-8-15(20)23-14(11)9-12/h5-10,13,16-19,21H,4H2,1-3H3/t10-,13?,16?,17+,18+/m1/s1. The number of hydrogen-bond donors (Lipinski definition) is 2. The van der Waals surface area contributed by atoms with Gasteiger partial charge in [-0.25, -0.2) is 4.79 Å². The monoisotopic (exact) mass is 333 g/mol. The molecule has 1 aliphatic rings. The van der Waals surface area contributed by atoms with Gasteiger partial charge in [0.25, 0.3) is 0 Å². The molecule has 0 amide bonds. The fourth-order valence-electron chi connectivity index (χ4n) is 3.22. The Morgan fingerprint density at radius 1 is 1.29 bits per heavy atom. The first-order valence-corrected chi connectivity index (χ1v) is 8.20. The van der Waals surface area contributed by atoms with E-state index in [9.17, 15) is 9.90 Å². The molecular weight excluding hydrogens is 310 g/mol. The van der Waals surface area contributed by atoms with E-state index in [1.165, 1.54) is 6.07 Å². The molecule has 2 heterocycles. The maximum atomic E-state index is 11.4. The third-order valence-corrected chi connectivity index (χ3v) is 4.68. The Labute approximate surface area is 140 Å². The van der Waals surface area contributed by atoms with Crippen LogP contribution in [0.2, 0.25) is 0 Å². The molecule has 0 radical (unpaired) electrons. The lowest BCUT2D eigenvalue weighted by molar-refractivity contribution is -0.233. The van der Waals surface area contributed by atoms with E-state index in [-0.39, 0.29) is 23.7 Å². The average Bonchev–Trinajstić information content (AvgIpc) is 2.59. The Morgan fingerprint density at radius 3 is 2.75 bits per heavy atom. The second-order valence-electron chi connectivity index (χ2n) is 6.21. The summed E-state index contributed by atoms with van der Waals surface area (Å²) in [5, 5.41) is 14.6. The van der Waals surface area contributed by atoms with Crippen molar-refractivity contribution >= 4 is 16.7 Å². The van der Waals surface area contributed by atoms with E-state index in [0.29, 0.717) is 5.58 Å². The van der Waals surface area contributed by atoms with Crippen LogP contribution in [0.15, 0.2) is 39.5 Å². The lowest BCUT2D eigenvalue weighted by atomic mass is 9.87. The molecule has 1 fully saturated rings. The number of fused-ring (bicyclic) bond motifs is 1. The third-order valence-electron chi connectivity index (χ3n) is 4.68. The highest BCUT2D eigenvalue weighted by Crippen LogP contribution is 2.30. The maximum absolute atomic E-state index is 11.4. The second kappa shape index (κ2) is 6.93. The molecule has 6 heteroatoms. The summed E-state index contributed by atoms with van der Waals surface area (Å²) >= 11 is 0. The van der Waals surface area contributed by atoms with Gasteiger partial charge in [0, 0.05) is 36.2 Å². The Hall–Kier alpha value is -1.89.